The Morgan fingerprint density at radius 2 is 1.63 bits per heavy atom. The lowest BCUT2D eigenvalue weighted by Crippen LogP contribution is -2.18. The maximum Gasteiger partial charge on any atom is 0.278 e. The van der Waals surface area contributed by atoms with Gasteiger partial charge in [-0.15, -0.1) is 0 Å². The summed E-state index contributed by atoms with van der Waals surface area (Å²) in [6.45, 7) is 5.33. The normalized spacial score (nSPS) is 11.4. The van der Waals surface area contributed by atoms with E-state index >= 15 is 0 Å². The van der Waals surface area contributed by atoms with Gasteiger partial charge in [-0.2, -0.15) is 5.10 Å². The van der Waals surface area contributed by atoms with Gasteiger partial charge in [0.1, 0.15) is 5.69 Å². The molecule has 2 heterocycles. The van der Waals surface area contributed by atoms with Crippen LogP contribution in [-0.4, -0.2) is 14.3 Å². The van der Waals surface area contributed by atoms with Crippen LogP contribution < -0.4 is 5.56 Å². The highest BCUT2D eigenvalue weighted by Gasteiger charge is 2.20. The van der Waals surface area contributed by atoms with Gasteiger partial charge in [0.05, 0.1) is 17.6 Å². The van der Waals surface area contributed by atoms with Crippen molar-refractivity contribution in [3.05, 3.63) is 112 Å². The van der Waals surface area contributed by atoms with Crippen LogP contribution >= 0.6 is 0 Å². The molecule has 0 radical (unpaired) electrons. The summed E-state index contributed by atoms with van der Waals surface area (Å²) in [7, 11) is 0. The van der Waals surface area contributed by atoms with Gasteiger partial charge >= 0.3 is 0 Å². The fourth-order valence-corrected chi connectivity index (χ4v) is 4.08. The second kappa shape index (κ2) is 7.30. The smallest absolute Gasteiger partial charge is 0.278 e. The lowest BCUT2D eigenvalue weighted by atomic mass is 10.1. The van der Waals surface area contributed by atoms with Crippen molar-refractivity contribution in [1.82, 2.24) is 14.3 Å². The topological polar surface area (TPSA) is 39.8 Å². The number of pyridine rings is 1. The summed E-state index contributed by atoms with van der Waals surface area (Å²) in [5.41, 5.74) is 7.14. The predicted molar refractivity (Wildman–Crippen MR) is 121 cm³/mol. The summed E-state index contributed by atoms with van der Waals surface area (Å²) < 4.78 is 3.75. The molecule has 0 spiro atoms. The molecule has 0 atom stereocenters. The van der Waals surface area contributed by atoms with Gasteiger partial charge in [0.25, 0.3) is 5.56 Å². The molecule has 4 nitrogen and oxygen atoms in total. The van der Waals surface area contributed by atoms with Gasteiger partial charge in [-0.1, -0.05) is 72.3 Å². The minimum Gasteiger partial charge on any atom is -0.342 e. The third-order valence-electron chi connectivity index (χ3n) is 5.71. The molecule has 2 aliphatic heterocycles. The van der Waals surface area contributed by atoms with E-state index in [1.165, 1.54) is 16.7 Å². The molecular weight excluding hydrogens is 370 g/mol. The highest BCUT2D eigenvalue weighted by molar-refractivity contribution is 5.93. The van der Waals surface area contributed by atoms with Crippen molar-refractivity contribution in [2.45, 2.75) is 26.9 Å². The van der Waals surface area contributed by atoms with E-state index in [-0.39, 0.29) is 5.56 Å². The number of hydrogen-bond donors (Lipinski definition) is 0. The molecule has 0 unspecified atom stereocenters. The van der Waals surface area contributed by atoms with Gasteiger partial charge in [0, 0.05) is 18.1 Å². The number of fused-ring (bicyclic) bond motifs is 3. The molecule has 0 N–H and O–H groups in total. The van der Waals surface area contributed by atoms with Gasteiger partial charge in [0.2, 0.25) is 0 Å². The summed E-state index contributed by atoms with van der Waals surface area (Å²) in [4.78, 5) is 13.3. The van der Waals surface area contributed by atoms with Crippen molar-refractivity contribution < 1.29 is 0 Å². The van der Waals surface area contributed by atoms with Crippen molar-refractivity contribution in [3.8, 4) is 11.3 Å². The van der Waals surface area contributed by atoms with E-state index in [9.17, 15) is 4.79 Å². The first-order valence-electron chi connectivity index (χ1n) is 10.2. The number of hydrogen-bond acceptors (Lipinski definition) is 2. The molecule has 0 saturated carbocycles. The predicted octanol–water partition coefficient (Wildman–Crippen LogP) is 5.02. The van der Waals surface area contributed by atoms with Crippen LogP contribution in [0.2, 0.25) is 0 Å². The summed E-state index contributed by atoms with van der Waals surface area (Å²) in [5.74, 6) is 0. The highest BCUT2D eigenvalue weighted by Crippen LogP contribution is 2.28. The minimum absolute atomic E-state index is 0.0431. The fourth-order valence-electron chi connectivity index (χ4n) is 4.08. The number of nitrogens with zero attached hydrogens (tertiary/aromatic N) is 3. The van der Waals surface area contributed by atoms with Gasteiger partial charge in [-0.05, 0) is 36.6 Å². The van der Waals surface area contributed by atoms with Gasteiger partial charge in [-0.3, -0.25) is 4.79 Å². The van der Waals surface area contributed by atoms with Crippen LogP contribution in [0.1, 0.15) is 22.3 Å². The third-order valence-corrected chi connectivity index (χ3v) is 5.71. The zero-order chi connectivity index (χ0) is 20.7. The van der Waals surface area contributed by atoms with Crippen LogP contribution in [-0.2, 0) is 13.1 Å². The molecule has 148 valence electrons. The molecule has 30 heavy (non-hydrogen) atoms. The number of rotatable bonds is 4. The Labute approximate surface area is 175 Å². The Morgan fingerprint density at radius 3 is 2.47 bits per heavy atom. The highest BCUT2D eigenvalue weighted by atomic mass is 16.1. The van der Waals surface area contributed by atoms with Crippen LogP contribution in [0.4, 0.5) is 0 Å². The minimum atomic E-state index is -0.0431. The molecule has 3 aromatic carbocycles. The number of para-hydroxylation sites is 1. The number of aryl methyl sites for hydroxylation is 2. The second-order valence-corrected chi connectivity index (χ2v) is 7.91. The van der Waals surface area contributed by atoms with E-state index in [2.05, 4.69) is 54.8 Å². The Balaban J connectivity index is 1.67. The lowest BCUT2D eigenvalue weighted by Gasteiger charge is -2.13. The maximum atomic E-state index is 13.3. The van der Waals surface area contributed by atoms with Gasteiger partial charge in [-0.25, -0.2) is 4.68 Å². The molecule has 0 saturated heterocycles. The van der Waals surface area contributed by atoms with Crippen LogP contribution in [0.3, 0.4) is 0 Å². The Kier molecular flexibility index (Phi) is 4.47. The first kappa shape index (κ1) is 18.4. The largest absolute Gasteiger partial charge is 0.342 e. The quantitative estimate of drug-likeness (QED) is 0.430. The summed E-state index contributed by atoms with van der Waals surface area (Å²) >= 11 is 0. The van der Waals surface area contributed by atoms with Crippen molar-refractivity contribution in [2.24, 2.45) is 0 Å². The van der Waals surface area contributed by atoms with E-state index in [0.717, 1.165) is 22.2 Å². The zero-order valence-electron chi connectivity index (χ0n) is 17.2. The zero-order valence-corrected chi connectivity index (χ0v) is 17.2. The fraction of sp³-hybridized carbons (Fsp3) is 0.154. The molecule has 0 aromatic heterocycles. The van der Waals surface area contributed by atoms with Crippen LogP contribution in [0.25, 0.3) is 22.2 Å². The van der Waals surface area contributed by atoms with E-state index in [1.54, 1.807) is 4.68 Å². The van der Waals surface area contributed by atoms with Crippen LogP contribution in [0.15, 0.2) is 83.8 Å². The van der Waals surface area contributed by atoms with Crippen molar-refractivity contribution in [1.29, 1.82) is 0 Å². The molecule has 0 aliphatic carbocycles. The molecule has 5 rings (SSSR count). The number of benzene rings is 3. The molecule has 3 aromatic rings. The average Bonchev–Trinajstić information content (AvgIpc) is 3.07. The van der Waals surface area contributed by atoms with Gasteiger partial charge < -0.3 is 4.57 Å². The first-order valence-corrected chi connectivity index (χ1v) is 10.2. The molecule has 0 fully saturated rings. The summed E-state index contributed by atoms with van der Waals surface area (Å²) in [5, 5.41) is 5.75. The third kappa shape index (κ3) is 3.20. The molecule has 0 amide bonds. The SMILES string of the molecule is Cc1ccc(C)c(Cn2nc3c4ccccc4n(Cc4ccccc4)cc-3c2=O)c1. The molecule has 0 bridgehead atoms. The molecule has 2 aliphatic rings. The summed E-state index contributed by atoms with van der Waals surface area (Å²) in [6.07, 6.45) is 1.96. The standard InChI is InChI=1S/C26H23N3O/c1-18-12-13-19(2)21(14-18)16-29-26(30)23-17-28(15-20-8-4-3-5-9-20)24-11-7-6-10-22(24)25(23)27-29/h3-14,17H,15-16H2,1-2H3. The Hall–Kier alpha value is -3.66. The van der Waals surface area contributed by atoms with E-state index in [1.807, 2.05) is 42.6 Å². The summed E-state index contributed by atoms with van der Waals surface area (Å²) in [6, 6.07) is 24.8. The van der Waals surface area contributed by atoms with E-state index in [0.29, 0.717) is 18.7 Å². The van der Waals surface area contributed by atoms with Crippen LogP contribution in [0, 0.1) is 13.8 Å². The number of aromatic nitrogens is 3. The molecule has 4 heteroatoms. The second-order valence-electron chi connectivity index (χ2n) is 7.91. The monoisotopic (exact) mass is 393 g/mol. The Bertz CT molecular complexity index is 1380. The molecular formula is C26H23N3O. The van der Waals surface area contributed by atoms with Crippen molar-refractivity contribution in [3.63, 3.8) is 0 Å². The lowest BCUT2D eigenvalue weighted by molar-refractivity contribution is 0.667. The van der Waals surface area contributed by atoms with E-state index in [4.69, 9.17) is 5.10 Å². The van der Waals surface area contributed by atoms with Crippen molar-refractivity contribution in [2.75, 3.05) is 0 Å². The van der Waals surface area contributed by atoms with Crippen molar-refractivity contribution >= 4 is 10.9 Å². The van der Waals surface area contributed by atoms with E-state index < -0.39 is 0 Å². The maximum absolute atomic E-state index is 13.3. The average molecular weight is 393 g/mol. The Morgan fingerprint density at radius 1 is 0.867 bits per heavy atom. The van der Waals surface area contributed by atoms with Gasteiger partial charge in [0.15, 0.2) is 0 Å². The van der Waals surface area contributed by atoms with Crippen LogP contribution in [0.5, 0.6) is 0 Å². The first-order chi connectivity index (χ1) is 14.6.